The van der Waals surface area contributed by atoms with Crippen LogP contribution in [0, 0.1) is 5.92 Å². The SMILES string of the molecule is Nc1c(NCC2CCOCC2)cccc1S(N)(=O)=O. The maximum Gasteiger partial charge on any atom is 0.240 e. The molecule has 0 aromatic heterocycles. The van der Waals surface area contributed by atoms with Gasteiger partial charge in [0.05, 0.1) is 11.4 Å². The summed E-state index contributed by atoms with van der Waals surface area (Å²) in [5.74, 6) is 0.520. The Morgan fingerprint density at radius 3 is 2.63 bits per heavy atom. The maximum atomic E-state index is 11.4. The molecule has 1 aliphatic heterocycles. The minimum atomic E-state index is -3.78. The van der Waals surface area contributed by atoms with Crippen molar-refractivity contribution in [2.24, 2.45) is 11.1 Å². The molecule has 1 saturated heterocycles. The summed E-state index contributed by atoms with van der Waals surface area (Å²) in [7, 11) is -3.78. The molecule has 1 aromatic carbocycles. The van der Waals surface area contributed by atoms with E-state index in [0.717, 1.165) is 32.6 Å². The van der Waals surface area contributed by atoms with Crippen molar-refractivity contribution in [1.82, 2.24) is 0 Å². The average Bonchev–Trinajstić information content (AvgIpc) is 2.37. The van der Waals surface area contributed by atoms with Crippen LogP contribution in [0.1, 0.15) is 12.8 Å². The van der Waals surface area contributed by atoms with Crippen LogP contribution >= 0.6 is 0 Å². The lowest BCUT2D eigenvalue weighted by Gasteiger charge is -2.23. The second-order valence-corrected chi connectivity index (χ2v) is 6.23. The molecule has 0 radical (unpaired) electrons. The number of nitrogen functional groups attached to an aromatic ring is 1. The quantitative estimate of drug-likeness (QED) is 0.708. The normalized spacial score (nSPS) is 17.3. The van der Waals surface area contributed by atoms with E-state index >= 15 is 0 Å². The molecular formula is C12H19N3O3S. The molecule has 1 aromatic rings. The fourth-order valence-corrected chi connectivity index (χ4v) is 2.84. The van der Waals surface area contributed by atoms with E-state index in [1.165, 1.54) is 6.07 Å². The van der Waals surface area contributed by atoms with Crippen LogP contribution in [0.3, 0.4) is 0 Å². The third kappa shape index (κ3) is 3.59. The first-order chi connectivity index (χ1) is 8.98. The molecule has 0 saturated carbocycles. The molecule has 0 amide bonds. The number of anilines is 2. The van der Waals surface area contributed by atoms with E-state index in [1.54, 1.807) is 12.1 Å². The van der Waals surface area contributed by atoms with Crippen LogP contribution in [0.5, 0.6) is 0 Å². The Bertz CT molecular complexity index is 539. The fraction of sp³-hybridized carbons (Fsp3) is 0.500. The van der Waals surface area contributed by atoms with Crippen LogP contribution in [-0.4, -0.2) is 28.2 Å². The number of primary sulfonamides is 1. The minimum Gasteiger partial charge on any atom is -0.396 e. The molecule has 0 bridgehead atoms. The van der Waals surface area contributed by atoms with Crippen molar-refractivity contribution in [1.29, 1.82) is 0 Å². The Balaban J connectivity index is 2.08. The predicted molar refractivity (Wildman–Crippen MR) is 74.3 cm³/mol. The fourth-order valence-electron chi connectivity index (χ4n) is 2.15. The number of ether oxygens (including phenoxy) is 1. The number of para-hydroxylation sites is 1. The van der Waals surface area contributed by atoms with Crippen LogP contribution in [-0.2, 0) is 14.8 Å². The number of hydrogen-bond acceptors (Lipinski definition) is 5. The zero-order valence-corrected chi connectivity index (χ0v) is 11.4. The monoisotopic (exact) mass is 285 g/mol. The van der Waals surface area contributed by atoms with Gasteiger partial charge in [0.25, 0.3) is 0 Å². The Hall–Kier alpha value is -1.31. The van der Waals surface area contributed by atoms with Gasteiger partial charge in [-0.25, -0.2) is 13.6 Å². The highest BCUT2D eigenvalue weighted by molar-refractivity contribution is 7.89. The number of hydrogen-bond donors (Lipinski definition) is 3. The number of nitrogens with one attached hydrogen (secondary N) is 1. The highest BCUT2D eigenvalue weighted by Gasteiger charge is 2.17. The van der Waals surface area contributed by atoms with Gasteiger partial charge in [-0.05, 0) is 30.9 Å². The molecule has 5 N–H and O–H groups in total. The van der Waals surface area contributed by atoms with Gasteiger partial charge in [-0.15, -0.1) is 0 Å². The van der Waals surface area contributed by atoms with E-state index < -0.39 is 10.0 Å². The number of rotatable bonds is 4. The molecule has 7 heteroatoms. The summed E-state index contributed by atoms with van der Waals surface area (Å²) in [6.07, 6.45) is 2.00. The van der Waals surface area contributed by atoms with Gasteiger partial charge in [0.1, 0.15) is 4.90 Å². The molecule has 1 heterocycles. The lowest BCUT2D eigenvalue weighted by Crippen LogP contribution is -2.23. The van der Waals surface area contributed by atoms with Crippen LogP contribution in [0.4, 0.5) is 11.4 Å². The molecule has 106 valence electrons. The molecule has 2 rings (SSSR count). The lowest BCUT2D eigenvalue weighted by molar-refractivity contribution is 0.0699. The molecule has 0 aliphatic carbocycles. The average molecular weight is 285 g/mol. The summed E-state index contributed by atoms with van der Waals surface area (Å²) in [6, 6.07) is 4.79. The molecule has 0 atom stereocenters. The van der Waals surface area contributed by atoms with E-state index in [0.29, 0.717) is 11.6 Å². The van der Waals surface area contributed by atoms with Gasteiger partial charge in [0, 0.05) is 19.8 Å². The number of benzene rings is 1. The third-order valence-corrected chi connectivity index (χ3v) is 4.26. The standard InChI is InChI=1S/C12H19N3O3S/c13-12-10(2-1-3-11(12)19(14,16)17)15-8-9-4-6-18-7-5-9/h1-3,9,15H,4-8,13H2,(H2,14,16,17). The predicted octanol–water partition coefficient (Wildman–Crippen LogP) is 0.755. The van der Waals surface area contributed by atoms with Gasteiger partial charge in [0.2, 0.25) is 10.0 Å². The smallest absolute Gasteiger partial charge is 0.240 e. The zero-order chi connectivity index (χ0) is 13.9. The largest absolute Gasteiger partial charge is 0.396 e. The highest BCUT2D eigenvalue weighted by Crippen LogP contribution is 2.26. The summed E-state index contributed by atoms with van der Waals surface area (Å²) in [4.78, 5) is -0.0375. The molecule has 1 aliphatic rings. The summed E-state index contributed by atoms with van der Waals surface area (Å²) in [5, 5.41) is 8.31. The van der Waals surface area contributed by atoms with Crippen LogP contribution in [0.25, 0.3) is 0 Å². The Kier molecular flexibility index (Phi) is 4.28. The van der Waals surface area contributed by atoms with Crippen LogP contribution < -0.4 is 16.2 Å². The Labute approximate surface area is 113 Å². The van der Waals surface area contributed by atoms with E-state index in [1.807, 2.05) is 0 Å². The first kappa shape index (κ1) is 14.1. The van der Waals surface area contributed by atoms with Crippen molar-refractivity contribution in [3.63, 3.8) is 0 Å². The van der Waals surface area contributed by atoms with Gasteiger partial charge in [-0.2, -0.15) is 0 Å². The maximum absolute atomic E-state index is 11.4. The van der Waals surface area contributed by atoms with Crippen molar-refractivity contribution in [2.75, 3.05) is 30.8 Å². The third-order valence-electron chi connectivity index (χ3n) is 3.29. The van der Waals surface area contributed by atoms with E-state index in [9.17, 15) is 8.42 Å². The second kappa shape index (κ2) is 5.77. The molecule has 6 nitrogen and oxygen atoms in total. The van der Waals surface area contributed by atoms with Gasteiger partial charge in [-0.1, -0.05) is 6.07 Å². The van der Waals surface area contributed by atoms with Crippen LogP contribution in [0.2, 0.25) is 0 Å². The Morgan fingerprint density at radius 1 is 1.32 bits per heavy atom. The minimum absolute atomic E-state index is 0.0375. The van der Waals surface area contributed by atoms with Crippen molar-refractivity contribution in [3.05, 3.63) is 18.2 Å². The molecule has 0 spiro atoms. The molecule has 0 unspecified atom stereocenters. The summed E-state index contributed by atoms with van der Waals surface area (Å²) >= 11 is 0. The number of nitrogens with two attached hydrogens (primary N) is 2. The zero-order valence-electron chi connectivity index (χ0n) is 10.6. The van der Waals surface area contributed by atoms with E-state index in [-0.39, 0.29) is 10.6 Å². The van der Waals surface area contributed by atoms with Gasteiger partial charge in [-0.3, -0.25) is 0 Å². The van der Waals surface area contributed by atoms with Gasteiger partial charge < -0.3 is 15.8 Å². The molecule has 1 fully saturated rings. The van der Waals surface area contributed by atoms with Crippen molar-refractivity contribution in [2.45, 2.75) is 17.7 Å². The van der Waals surface area contributed by atoms with E-state index in [2.05, 4.69) is 5.32 Å². The molecule has 19 heavy (non-hydrogen) atoms. The van der Waals surface area contributed by atoms with Gasteiger partial charge >= 0.3 is 0 Å². The first-order valence-electron chi connectivity index (χ1n) is 6.21. The Morgan fingerprint density at radius 2 is 2.00 bits per heavy atom. The van der Waals surface area contributed by atoms with Crippen molar-refractivity contribution in [3.8, 4) is 0 Å². The number of sulfonamides is 1. The first-order valence-corrected chi connectivity index (χ1v) is 7.76. The molecular weight excluding hydrogens is 266 g/mol. The second-order valence-electron chi connectivity index (χ2n) is 4.70. The summed E-state index contributed by atoms with van der Waals surface area (Å²) in [6.45, 7) is 2.31. The lowest BCUT2D eigenvalue weighted by atomic mass is 10.0. The van der Waals surface area contributed by atoms with Crippen molar-refractivity contribution < 1.29 is 13.2 Å². The highest BCUT2D eigenvalue weighted by atomic mass is 32.2. The van der Waals surface area contributed by atoms with Crippen molar-refractivity contribution >= 4 is 21.4 Å². The van der Waals surface area contributed by atoms with E-state index in [4.69, 9.17) is 15.6 Å². The topological polar surface area (TPSA) is 107 Å². The summed E-state index contributed by atoms with van der Waals surface area (Å²) in [5.41, 5.74) is 6.63. The van der Waals surface area contributed by atoms with Gasteiger partial charge in [0.15, 0.2) is 0 Å². The van der Waals surface area contributed by atoms with Crippen LogP contribution in [0.15, 0.2) is 23.1 Å². The summed E-state index contributed by atoms with van der Waals surface area (Å²) < 4.78 is 28.0.